The molecule has 3 rings (SSSR count). The summed E-state index contributed by atoms with van der Waals surface area (Å²) >= 11 is 0. The van der Waals surface area contributed by atoms with Gasteiger partial charge < -0.3 is 19.4 Å². The van der Waals surface area contributed by atoms with E-state index in [9.17, 15) is 4.79 Å². The molecule has 3 aliphatic heterocycles. The highest BCUT2D eigenvalue weighted by Gasteiger charge is 2.31. The summed E-state index contributed by atoms with van der Waals surface area (Å²) in [5.41, 5.74) is 0. The number of carbonyl (C=O) groups is 1. The van der Waals surface area contributed by atoms with Crippen LogP contribution in [0.1, 0.15) is 52.9 Å². The summed E-state index contributed by atoms with van der Waals surface area (Å²) in [6.07, 6.45) is 6.90. The van der Waals surface area contributed by atoms with Crippen molar-refractivity contribution in [2.24, 2.45) is 11.8 Å². The van der Waals surface area contributed by atoms with E-state index in [-0.39, 0.29) is 17.9 Å². The summed E-state index contributed by atoms with van der Waals surface area (Å²) < 4.78 is 5.96. The van der Waals surface area contributed by atoms with Crippen LogP contribution in [-0.4, -0.2) is 85.2 Å². The molecule has 0 bridgehead atoms. The summed E-state index contributed by atoms with van der Waals surface area (Å²) in [4.78, 5) is 19.6. The third-order valence-electron chi connectivity index (χ3n) is 6.71. The fourth-order valence-electron chi connectivity index (χ4n) is 4.88. The number of hydrogen-bond acceptors (Lipinski definition) is 4. The molecule has 0 aliphatic carbocycles. The van der Waals surface area contributed by atoms with Crippen LogP contribution < -0.4 is 0 Å². The molecule has 0 aromatic rings. The number of nitrogens with zero attached hydrogens (tertiary/aromatic N) is 3. The first-order chi connectivity index (χ1) is 12.6. The highest BCUT2D eigenvalue weighted by molar-refractivity contribution is 5.78. The molecule has 5 nitrogen and oxygen atoms in total. The second kappa shape index (κ2) is 9.52. The first-order valence-electron chi connectivity index (χ1n) is 10.9. The molecule has 150 valence electrons. The molecule has 3 aliphatic rings. The van der Waals surface area contributed by atoms with Crippen LogP contribution >= 0.6 is 0 Å². The molecule has 0 spiro atoms. The van der Waals surface area contributed by atoms with E-state index in [1.165, 1.54) is 58.3 Å². The predicted molar refractivity (Wildman–Crippen MR) is 105 cm³/mol. The van der Waals surface area contributed by atoms with Crippen molar-refractivity contribution in [3.8, 4) is 0 Å². The molecule has 3 heterocycles. The number of hydrogen-bond donors (Lipinski definition) is 0. The topological polar surface area (TPSA) is 36.0 Å². The highest BCUT2D eigenvalue weighted by Crippen LogP contribution is 2.25. The number of piperidine rings is 2. The normalized spacial score (nSPS) is 28.0. The standard InChI is InChI=1S/C21H39N3O2/c1-4-18-5-11-23(12-6-18)19-7-9-22(10-8-19)15-20-16-24(13-14-26-20)21(25)17(2)3/h17-20H,4-16H2,1-3H3/t20-/m1/s1. The zero-order chi connectivity index (χ0) is 18.5. The Morgan fingerprint density at radius 3 is 2.35 bits per heavy atom. The molecule has 0 unspecified atom stereocenters. The minimum atomic E-state index is 0.0846. The van der Waals surface area contributed by atoms with Crippen LogP contribution in [0.25, 0.3) is 0 Å². The minimum absolute atomic E-state index is 0.0846. The Morgan fingerprint density at radius 1 is 1.04 bits per heavy atom. The van der Waals surface area contributed by atoms with Crippen LogP contribution in [0.4, 0.5) is 0 Å². The zero-order valence-corrected chi connectivity index (χ0v) is 17.2. The maximum absolute atomic E-state index is 12.2. The van der Waals surface area contributed by atoms with Gasteiger partial charge in [-0.2, -0.15) is 0 Å². The Morgan fingerprint density at radius 2 is 1.73 bits per heavy atom. The summed E-state index contributed by atoms with van der Waals surface area (Å²) in [6.45, 7) is 14.5. The summed E-state index contributed by atoms with van der Waals surface area (Å²) in [5, 5.41) is 0. The van der Waals surface area contributed by atoms with Crippen LogP contribution in [-0.2, 0) is 9.53 Å². The fraction of sp³-hybridized carbons (Fsp3) is 0.952. The highest BCUT2D eigenvalue weighted by atomic mass is 16.5. The van der Waals surface area contributed by atoms with Gasteiger partial charge in [-0.1, -0.05) is 27.2 Å². The third kappa shape index (κ3) is 5.20. The number of amides is 1. The first-order valence-corrected chi connectivity index (χ1v) is 10.9. The molecular weight excluding hydrogens is 326 g/mol. The Bertz CT molecular complexity index is 441. The molecule has 3 saturated heterocycles. The van der Waals surface area contributed by atoms with E-state index in [1.807, 2.05) is 18.7 Å². The van der Waals surface area contributed by atoms with E-state index < -0.39 is 0 Å². The van der Waals surface area contributed by atoms with E-state index in [0.717, 1.165) is 31.6 Å². The fourth-order valence-corrected chi connectivity index (χ4v) is 4.88. The second-order valence-corrected chi connectivity index (χ2v) is 8.85. The van der Waals surface area contributed by atoms with Crippen molar-refractivity contribution in [3.05, 3.63) is 0 Å². The summed E-state index contributed by atoms with van der Waals surface area (Å²) in [7, 11) is 0. The van der Waals surface area contributed by atoms with Crippen molar-refractivity contribution >= 4 is 5.91 Å². The lowest BCUT2D eigenvalue weighted by molar-refractivity contribution is -0.142. The number of likely N-dealkylation sites (tertiary alicyclic amines) is 2. The van der Waals surface area contributed by atoms with Crippen molar-refractivity contribution < 1.29 is 9.53 Å². The Hall–Kier alpha value is -0.650. The molecule has 3 fully saturated rings. The average molecular weight is 366 g/mol. The molecule has 5 heteroatoms. The van der Waals surface area contributed by atoms with Gasteiger partial charge in [-0.15, -0.1) is 0 Å². The van der Waals surface area contributed by atoms with Gasteiger partial charge in [0.2, 0.25) is 5.91 Å². The largest absolute Gasteiger partial charge is 0.373 e. The number of morpholine rings is 1. The van der Waals surface area contributed by atoms with Gasteiger partial charge in [0.1, 0.15) is 0 Å². The molecule has 1 amide bonds. The van der Waals surface area contributed by atoms with E-state index in [4.69, 9.17) is 4.74 Å². The van der Waals surface area contributed by atoms with E-state index in [0.29, 0.717) is 6.61 Å². The molecule has 1 atom stereocenters. The first kappa shape index (κ1) is 20.1. The van der Waals surface area contributed by atoms with Crippen molar-refractivity contribution in [3.63, 3.8) is 0 Å². The van der Waals surface area contributed by atoms with E-state index >= 15 is 0 Å². The van der Waals surface area contributed by atoms with Crippen LogP contribution in [0.3, 0.4) is 0 Å². The molecule has 26 heavy (non-hydrogen) atoms. The van der Waals surface area contributed by atoms with E-state index in [2.05, 4.69) is 16.7 Å². The molecule has 0 radical (unpaired) electrons. The zero-order valence-electron chi connectivity index (χ0n) is 17.2. The molecular formula is C21H39N3O2. The lowest BCUT2D eigenvalue weighted by atomic mass is 9.92. The molecule has 0 N–H and O–H groups in total. The van der Waals surface area contributed by atoms with Gasteiger partial charge in [0.15, 0.2) is 0 Å². The minimum Gasteiger partial charge on any atom is -0.373 e. The van der Waals surface area contributed by atoms with Crippen LogP contribution in [0, 0.1) is 11.8 Å². The quantitative estimate of drug-likeness (QED) is 0.750. The molecule has 0 aromatic heterocycles. The number of rotatable bonds is 5. The lowest BCUT2D eigenvalue weighted by Crippen LogP contribution is -2.53. The van der Waals surface area contributed by atoms with Gasteiger partial charge in [0.05, 0.1) is 12.7 Å². The maximum atomic E-state index is 12.2. The molecule has 0 aromatic carbocycles. The number of carbonyl (C=O) groups excluding carboxylic acids is 1. The monoisotopic (exact) mass is 365 g/mol. The van der Waals surface area contributed by atoms with Gasteiger partial charge in [0.25, 0.3) is 0 Å². The smallest absolute Gasteiger partial charge is 0.225 e. The van der Waals surface area contributed by atoms with Gasteiger partial charge in [-0.05, 0) is 57.8 Å². The average Bonchev–Trinajstić information content (AvgIpc) is 2.68. The van der Waals surface area contributed by atoms with E-state index in [1.54, 1.807) is 0 Å². The Balaban J connectivity index is 1.39. The second-order valence-electron chi connectivity index (χ2n) is 8.85. The van der Waals surface area contributed by atoms with Gasteiger partial charge in [-0.25, -0.2) is 0 Å². The predicted octanol–water partition coefficient (Wildman–Crippen LogP) is 2.46. The van der Waals surface area contributed by atoms with Crippen molar-refractivity contribution in [2.45, 2.75) is 65.0 Å². The Labute approximate surface area is 160 Å². The van der Waals surface area contributed by atoms with Crippen LogP contribution in [0.15, 0.2) is 0 Å². The van der Waals surface area contributed by atoms with Crippen LogP contribution in [0.5, 0.6) is 0 Å². The summed E-state index contributed by atoms with van der Waals surface area (Å²) in [5.74, 6) is 1.32. The van der Waals surface area contributed by atoms with Gasteiger partial charge >= 0.3 is 0 Å². The SMILES string of the molecule is CCC1CCN(C2CCN(C[C@@H]3CN(C(=O)C(C)C)CCO3)CC2)CC1. The van der Waals surface area contributed by atoms with Crippen molar-refractivity contribution in [1.29, 1.82) is 0 Å². The van der Waals surface area contributed by atoms with Crippen molar-refractivity contribution in [2.75, 3.05) is 52.4 Å². The van der Waals surface area contributed by atoms with Crippen molar-refractivity contribution in [1.82, 2.24) is 14.7 Å². The lowest BCUT2D eigenvalue weighted by Gasteiger charge is -2.43. The third-order valence-corrected chi connectivity index (χ3v) is 6.71. The van der Waals surface area contributed by atoms with Gasteiger partial charge in [-0.3, -0.25) is 4.79 Å². The number of ether oxygens (including phenoxy) is 1. The van der Waals surface area contributed by atoms with Gasteiger partial charge in [0, 0.05) is 31.6 Å². The maximum Gasteiger partial charge on any atom is 0.225 e. The van der Waals surface area contributed by atoms with Crippen LogP contribution in [0.2, 0.25) is 0 Å². The summed E-state index contributed by atoms with van der Waals surface area (Å²) in [6, 6.07) is 0.787. The Kier molecular flexibility index (Phi) is 7.35. The molecule has 0 saturated carbocycles.